The summed E-state index contributed by atoms with van der Waals surface area (Å²) in [5, 5.41) is 9.08. The molecule has 8 nitrogen and oxygen atoms in total. The zero-order chi connectivity index (χ0) is 24.4. The van der Waals surface area contributed by atoms with E-state index in [0.29, 0.717) is 31.2 Å². The maximum atomic E-state index is 12.7. The fourth-order valence-electron chi connectivity index (χ4n) is 4.20. The van der Waals surface area contributed by atoms with Crippen LogP contribution in [0, 0.1) is 0 Å². The van der Waals surface area contributed by atoms with Crippen molar-refractivity contribution in [2.75, 3.05) is 36.4 Å². The fourth-order valence-corrected chi connectivity index (χ4v) is 4.41. The third-order valence-electron chi connectivity index (χ3n) is 6.45. The molecule has 4 aromatic rings. The van der Waals surface area contributed by atoms with Gasteiger partial charge in [0.25, 0.3) is 0 Å². The van der Waals surface area contributed by atoms with Crippen molar-refractivity contribution in [2.45, 2.75) is 26.2 Å². The number of hydrogen-bond donors (Lipinski definition) is 1. The summed E-state index contributed by atoms with van der Waals surface area (Å²) in [6.07, 6.45) is 2.74. The predicted octanol–water partition coefficient (Wildman–Crippen LogP) is 5.34. The number of piperazine rings is 1. The van der Waals surface area contributed by atoms with Crippen LogP contribution in [-0.2, 0) is 0 Å². The van der Waals surface area contributed by atoms with Gasteiger partial charge in [-0.2, -0.15) is 5.10 Å². The number of carbonyl (C=O) groups is 1. The van der Waals surface area contributed by atoms with E-state index in [0.717, 1.165) is 40.5 Å². The summed E-state index contributed by atoms with van der Waals surface area (Å²) in [6, 6.07) is 17.1. The molecule has 1 fully saturated rings. The molecule has 3 heterocycles. The van der Waals surface area contributed by atoms with Crippen LogP contribution in [0.25, 0.3) is 16.7 Å². The van der Waals surface area contributed by atoms with Crippen LogP contribution in [-0.4, -0.2) is 56.9 Å². The SMILES string of the molecule is CCC(C)c1nc(N2CCN(C(=O)Nc3ccccc3)CC2)c2cnn(-c3ccccc3Cl)c2n1. The Balaban J connectivity index is 1.43. The Morgan fingerprint density at radius 2 is 1.74 bits per heavy atom. The number of amides is 2. The van der Waals surface area contributed by atoms with E-state index in [1.807, 2.05) is 65.7 Å². The fraction of sp³-hybridized carbons (Fsp3) is 0.308. The van der Waals surface area contributed by atoms with Gasteiger partial charge in [-0.1, -0.05) is 55.8 Å². The van der Waals surface area contributed by atoms with Gasteiger partial charge in [0.1, 0.15) is 11.6 Å². The lowest BCUT2D eigenvalue weighted by atomic mass is 10.1. The third kappa shape index (κ3) is 4.66. The number of nitrogens with one attached hydrogen (secondary N) is 1. The lowest BCUT2D eigenvalue weighted by molar-refractivity contribution is 0.208. The molecule has 1 aliphatic rings. The molecule has 0 bridgehead atoms. The van der Waals surface area contributed by atoms with Crippen molar-refractivity contribution in [1.29, 1.82) is 0 Å². The van der Waals surface area contributed by atoms with E-state index in [2.05, 4.69) is 29.2 Å². The molecule has 1 aliphatic heterocycles. The maximum Gasteiger partial charge on any atom is 0.321 e. The van der Waals surface area contributed by atoms with Crippen molar-refractivity contribution in [3.05, 3.63) is 71.6 Å². The summed E-state index contributed by atoms with van der Waals surface area (Å²) in [5.41, 5.74) is 2.32. The van der Waals surface area contributed by atoms with Crippen LogP contribution >= 0.6 is 11.6 Å². The summed E-state index contributed by atoms with van der Waals surface area (Å²) in [6.45, 7) is 6.81. The van der Waals surface area contributed by atoms with E-state index >= 15 is 0 Å². The number of nitrogens with zero attached hydrogens (tertiary/aromatic N) is 6. The van der Waals surface area contributed by atoms with Crippen molar-refractivity contribution in [2.24, 2.45) is 0 Å². The second-order valence-electron chi connectivity index (χ2n) is 8.73. The molecule has 0 radical (unpaired) electrons. The topological polar surface area (TPSA) is 79.2 Å². The number of fused-ring (bicyclic) bond motifs is 1. The van der Waals surface area contributed by atoms with Crippen molar-refractivity contribution in [1.82, 2.24) is 24.6 Å². The van der Waals surface area contributed by atoms with Gasteiger partial charge in [-0.05, 0) is 30.7 Å². The molecule has 1 N–H and O–H groups in total. The second-order valence-corrected chi connectivity index (χ2v) is 9.14. The first-order valence-corrected chi connectivity index (χ1v) is 12.3. The van der Waals surface area contributed by atoms with E-state index in [4.69, 9.17) is 21.6 Å². The first kappa shape index (κ1) is 23.1. The lowest BCUT2D eigenvalue weighted by Gasteiger charge is -2.35. The van der Waals surface area contributed by atoms with Crippen molar-refractivity contribution < 1.29 is 4.79 Å². The van der Waals surface area contributed by atoms with E-state index < -0.39 is 0 Å². The number of rotatable bonds is 5. The maximum absolute atomic E-state index is 12.7. The monoisotopic (exact) mass is 489 g/mol. The molecule has 1 unspecified atom stereocenters. The molecule has 0 saturated carbocycles. The molecule has 35 heavy (non-hydrogen) atoms. The molecular weight excluding hydrogens is 462 g/mol. The second kappa shape index (κ2) is 9.92. The van der Waals surface area contributed by atoms with E-state index in [9.17, 15) is 4.79 Å². The minimum Gasteiger partial charge on any atom is -0.352 e. The minimum atomic E-state index is -0.0875. The molecule has 2 aromatic carbocycles. The summed E-state index contributed by atoms with van der Waals surface area (Å²) in [5.74, 6) is 1.84. The molecule has 1 saturated heterocycles. The molecule has 180 valence electrons. The first-order valence-electron chi connectivity index (χ1n) is 11.9. The molecular formula is C26H28ClN7O. The highest BCUT2D eigenvalue weighted by molar-refractivity contribution is 6.32. The number of urea groups is 1. The smallest absolute Gasteiger partial charge is 0.321 e. The van der Waals surface area contributed by atoms with Gasteiger partial charge >= 0.3 is 6.03 Å². The Hall–Kier alpha value is -3.65. The van der Waals surface area contributed by atoms with Crippen molar-refractivity contribution >= 4 is 40.2 Å². The number of carbonyl (C=O) groups excluding carboxylic acids is 1. The number of para-hydroxylation sites is 2. The minimum absolute atomic E-state index is 0.0875. The average molecular weight is 490 g/mol. The van der Waals surface area contributed by atoms with Crippen molar-refractivity contribution in [3.63, 3.8) is 0 Å². The molecule has 2 aromatic heterocycles. The standard InChI is InChI=1S/C26H28ClN7O/c1-3-18(2)23-30-24(20-17-28-34(25(20)31-23)22-12-8-7-11-21(22)27)32-13-15-33(16-14-32)26(35)29-19-9-5-4-6-10-19/h4-12,17-18H,3,13-16H2,1-2H3,(H,29,35). The average Bonchev–Trinajstić information content (AvgIpc) is 3.32. The normalized spacial score (nSPS) is 14.8. The van der Waals surface area contributed by atoms with Crippen LogP contribution in [0.3, 0.4) is 0 Å². The van der Waals surface area contributed by atoms with Gasteiger partial charge in [-0.25, -0.2) is 19.4 Å². The zero-order valence-corrected chi connectivity index (χ0v) is 20.6. The van der Waals surface area contributed by atoms with Crippen LogP contribution in [0.1, 0.15) is 32.0 Å². The summed E-state index contributed by atoms with van der Waals surface area (Å²) in [7, 11) is 0. The van der Waals surface area contributed by atoms with E-state index in [1.54, 1.807) is 4.68 Å². The van der Waals surface area contributed by atoms with Crippen LogP contribution in [0.15, 0.2) is 60.8 Å². The van der Waals surface area contributed by atoms with Gasteiger partial charge in [-0.15, -0.1) is 0 Å². The number of halogens is 1. The highest BCUT2D eigenvalue weighted by atomic mass is 35.5. The van der Waals surface area contributed by atoms with Gasteiger partial charge in [0.05, 0.1) is 22.3 Å². The molecule has 9 heteroatoms. The number of aromatic nitrogens is 4. The summed E-state index contributed by atoms with van der Waals surface area (Å²) in [4.78, 5) is 26.7. The van der Waals surface area contributed by atoms with Crippen molar-refractivity contribution in [3.8, 4) is 5.69 Å². The van der Waals surface area contributed by atoms with Crippen LogP contribution in [0.5, 0.6) is 0 Å². The van der Waals surface area contributed by atoms with Gasteiger partial charge in [-0.3, -0.25) is 0 Å². The Bertz CT molecular complexity index is 1330. The quantitative estimate of drug-likeness (QED) is 0.409. The van der Waals surface area contributed by atoms with Gasteiger partial charge < -0.3 is 15.1 Å². The highest BCUT2D eigenvalue weighted by Crippen LogP contribution is 2.31. The van der Waals surface area contributed by atoms with Crippen LogP contribution in [0.2, 0.25) is 5.02 Å². The Morgan fingerprint density at radius 1 is 1.03 bits per heavy atom. The van der Waals surface area contributed by atoms with Gasteiger partial charge in [0.15, 0.2) is 5.65 Å². The van der Waals surface area contributed by atoms with E-state index in [1.165, 1.54) is 0 Å². The van der Waals surface area contributed by atoms with Gasteiger partial charge in [0.2, 0.25) is 0 Å². The molecule has 0 aliphatic carbocycles. The highest BCUT2D eigenvalue weighted by Gasteiger charge is 2.26. The third-order valence-corrected chi connectivity index (χ3v) is 6.77. The predicted molar refractivity (Wildman–Crippen MR) is 140 cm³/mol. The van der Waals surface area contributed by atoms with E-state index in [-0.39, 0.29) is 11.9 Å². The largest absolute Gasteiger partial charge is 0.352 e. The Morgan fingerprint density at radius 3 is 2.46 bits per heavy atom. The zero-order valence-electron chi connectivity index (χ0n) is 19.9. The Kier molecular flexibility index (Phi) is 6.55. The van der Waals surface area contributed by atoms with Gasteiger partial charge in [0, 0.05) is 37.8 Å². The molecule has 1 atom stereocenters. The first-order chi connectivity index (χ1) is 17.0. The molecule has 2 amide bonds. The number of benzene rings is 2. The summed E-state index contributed by atoms with van der Waals surface area (Å²) < 4.78 is 1.79. The molecule has 5 rings (SSSR count). The number of anilines is 2. The molecule has 0 spiro atoms. The Labute approximate surface area is 209 Å². The summed E-state index contributed by atoms with van der Waals surface area (Å²) >= 11 is 6.48. The lowest BCUT2D eigenvalue weighted by Crippen LogP contribution is -2.50. The van der Waals surface area contributed by atoms with Crippen LogP contribution < -0.4 is 10.2 Å². The van der Waals surface area contributed by atoms with Crippen LogP contribution in [0.4, 0.5) is 16.3 Å². The number of hydrogen-bond acceptors (Lipinski definition) is 5.